The summed E-state index contributed by atoms with van der Waals surface area (Å²) in [7, 11) is 1.61. The summed E-state index contributed by atoms with van der Waals surface area (Å²) in [5.41, 5.74) is 5.19. The highest BCUT2D eigenvalue weighted by Gasteiger charge is 2.29. The van der Waals surface area contributed by atoms with E-state index in [1.807, 2.05) is 67.6 Å². The summed E-state index contributed by atoms with van der Waals surface area (Å²) < 4.78 is 0. The van der Waals surface area contributed by atoms with Crippen LogP contribution in [0.5, 0.6) is 0 Å². The average molecular weight is 449 g/mol. The van der Waals surface area contributed by atoms with E-state index in [4.69, 9.17) is 11.6 Å². The van der Waals surface area contributed by atoms with Crippen LogP contribution in [-0.4, -0.2) is 29.8 Å². The number of carbonyl (C=O) groups excluding carboxylic acids is 2. The number of rotatable bonds is 8. The van der Waals surface area contributed by atoms with Gasteiger partial charge in [-0.1, -0.05) is 72.3 Å². The number of carbonyl (C=O) groups is 2. The second kappa shape index (κ2) is 11.0. The van der Waals surface area contributed by atoms with Crippen molar-refractivity contribution in [2.45, 2.75) is 39.3 Å². The van der Waals surface area contributed by atoms with Gasteiger partial charge in [-0.15, -0.1) is 0 Å². The average Bonchev–Trinajstić information content (AvgIpc) is 2.80. The van der Waals surface area contributed by atoms with E-state index in [1.54, 1.807) is 24.1 Å². The summed E-state index contributed by atoms with van der Waals surface area (Å²) in [5, 5.41) is 3.38. The lowest BCUT2D eigenvalue weighted by atomic mass is 10.0. The molecule has 0 heterocycles. The zero-order chi connectivity index (χ0) is 23.1. The molecule has 0 saturated heterocycles. The number of aryl methyl sites for hydroxylation is 2. The van der Waals surface area contributed by atoms with E-state index in [1.165, 1.54) is 5.56 Å². The first kappa shape index (κ1) is 23.6. The molecule has 0 bridgehead atoms. The molecule has 0 radical (unpaired) electrons. The third kappa shape index (κ3) is 6.21. The minimum Gasteiger partial charge on any atom is -0.357 e. The molecule has 0 unspecified atom stereocenters. The fourth-order valence-electron chi connectivity index (χ4n) is 3.70. The van der Waals surface area contributed by atoms with Crippen LogP contribution in [0.4, 0.5) is 0 Å². The van der Waals surface area contributed by atoms with Gasteiger partial charge in [0.1, 0.15) is 6.04 Å². The van der Waals surface area contributed by atoms with E-state index in [0.29, 0.717) is 18.0 Å². The molecule has 0 spiro atoms. The molecular formula is C27H29ClN2O2. The maximum atomic E-state index is 13.6. The molecular weight excluding hydrogens is 420 g/mol. The first-order valence-electron chi connectivity index (χ1n) is 10.7. The molecule has 1 atom stereocenters. The monoisotopic (exact) mass is 448 g/mol. The Morgan fingerprint density at radius 1 is 0.875 bits per heavy atom. The summed E-state index contributed by atoms with van der Waals surface area (Å²) in [6, 6.07) is 22.6. The van der Waals surface area contributed by atoms with Crippen molar-refractivity contribution < 1.29 is 9.59 Å². The van der Waals surface area contributed by atoms with Crippen molar-refractivity contribution in [1.82, 2.24) is 10.2 Å². The van der Waals surface area contributed by atoms with E-state index in [2.05, 4.69) is 12.2 Å². The van der Waals surface area contributed by atoms with E-state index in [0.717, 1.165) is 22.3 Å². The minimum atomic E-state index is -0.628. The lowest BCUT2D eigenvalue weighted by Gasteiger charge is -2.31. The van der Waals surface area contributed by atoms with Crippen molar-refractivity contribution in [2.24, 2.45) is 0 Å². The summed E-state index contributed by atoms with van der Waals surface area (Å²) in [6.07, 6.45) is 0.670. The second-order valence-electron chi connectivity index (χ2n) is 8.06. The zero-order valence-corrected chi connectivity index (χ0v) is 19.5. The molecule has 0 saturated carbocycles. The Labute approximate surface area is 195 Å². The molecule has 3 rings (SSSR count). The first-order valence-corrected chi connectivity index (χ1v) is 11.1. The number of amides is 2. The third-order valence-corrected chi connectivity index (χ3v) is 5.96. The van der Waals surface area contributed by atoms with Gasteiger partial charge in [0, 0.05) is 25.0 Å². The Hall–Kier alpha value is -3.11. The Kier molecular flexibility index (Phi) is 8.07. The number of hydrogen-bond donors (Lipinski definition) is 1. The van der Waals surface area contributed by atoms with Gasteiger partial charge in [-0.3, -0.25) is 9.59 Å². The molecule has 166 valence electrons. The first-order chi connectivity index (χ1) is 15.4. The van der Waals surface area contributed by atoms with Gasteiger partial charge in [-0.25, -0.2) is 0 Å². The van der Waals surface area contributed by atoms with Gasteiger partial charge in [0.2, 0.25) is 11.8 Å². The van der Waals surface area contributed by atoms with Crippen molar-refractivity contribution in [3.63, 3.8) is 0 Å². The van der Waals surface area contributed by atoms with Crippen LogP contribution in [0, 0.1) is 13.8 Å². The van der Waals surface area contributed by atoms with Crippen LogP contribution in [0.15, 0.2) is 72.8 Å². The third-order valence-electron chi connectivity index (χ3n) is 5.71. The highest BCUT2D eigenvalue weighted by Crippen LogP contribution is 2.19. The minimum absolute atomic E-state index is 0.0901. The van der Waals surface area contributed by atoms with Crippen LogP contribution in [-0.2, 0) is 29.0 Å². The molecule has 0 aliphatic rings. The quantitative estimate of drug-likeness (QED) is 0.533. The predicted octanol–water partition coefficient (Wildman–Crippen LogP) is 4.89. The number of nitrogens with zero attached hydrogens (tertiary/aromatic N) is 1. The number of benzene rings is 3. The molecule has 1 N–H and O–H groups in total. The van der Waals surface area contributed by atoms with Gasteiger partial charge < -0.3 is 10.2 Å². The Morgan fingerprint density at radius 3 is 2.16 bits per heavy atom. The molecule has 5 heteroatoms. The molecule has 0 aliphatic heterocycles. The Bertz CT molecular complexity index is 1060. The van der Waals surface area contributed by atoms with Gasteiger partial charge in [-0.05, 0) is 53.8 Å². The predicted molar refractivity (Wildman–Crippen MR) is 130 cm³/mol. The molecule has 0 fully saturated rings. The van der Waals surface area contributed by atoms with Gasteiger partial charge in [0.05, 0.1) is 6.42 Å². The van der Waals surface area contributed by atoms with Gasteiger partial charge >= 0.3 is 0 Å². The number of halogens is 1. The molecule has 3 aromatic carbocycles. The van der Waals surface area contributed by atoms with Crippen molar-refractivity contribution in [1.29, 1.82) is 0 Å². The van der Waals surface area contributed by atoms with E-state index in [9.17, 15) is 9.59 Å². The van der Waals surface area contributed by atoms with Gasteiger partial charge in [-0.2, -0.15) is 0 Å². The highest BCUT2D eigenvalue weighted by atomic mass is 35.5. The summed E-state index contributed by atoms with van der Waals surface area (Å²) >= 11 is 6.04. The van der Waals surface area contributed by atoms with Crippen LogP contribution < -0.4 is 5.32 Å². The topological polar surface area (TPSA) is 49.4 Å². The molecule has 4 nitrogen and oxygen atoms in total. The fraction of sp³-hybridized carbons (Fsp3) is 0.259. The molecule has 32 heavy (non-hydrogen) atoms. The smallest absolute Gasteiger partial charge is 0.242 e. The number of likely N-dealkylation sites (N-methyl/N-ethyl adjacent to an activating group) is 1. The SMILES string of the molecule is CNC(=O)[C@H](Cc1ccccc1)N(Cc1ccc(Cl)cc1)C(=O)Cc1ccc(C)c(C)c1. The molecule has 3 aromatic rings. The van der Waals surface area contributed by atoms with Gasteiger partial charge in [0.25, 0.3) is 0 Å². The van der Waals surface area contributed by atoms with Crippen LogP contribution in [0.3, 0.4) is 0 Å². The maximum Gasteiger partial charge on any atom is 0.242 e. The fourth-order valence-corrected chi connectivity index (χ4v) is 3.82. The number of nitrogens with one attached hydrogen (secondary N) is 1. The van der Waals surface area contributed by atoms with Crippen LogP contribution in [0.2, 0.25) is 5.02 Å². The summed E-state index contributed by atoms with van der Waals surface area (Å²) in [4.78, 5) is 28.2. The lowest BCUT2D eigenvalue weighted by Crippen LogP contribution is -2.50. The normalized spacial score (nSPS) is 11.6. The second-order valence-corrected chi connectivity index (χ2v) is 8.50. The van der Waals surface area contributed by atoms with Crippen LogP contribution >= 0.6 is 11.6 Å². The maximum absolute atomic E-state index is 13.6. The van der Waals surface area contributed by atoms with Crippen LogP contribution in [0.25, 0.3) is 0 Å². The van der Waals surface area contributed by atoms with Crippen molar-refractivity contribution in [2.75, 3.05) is 7.05 Å². The van der Waals surface area contributed by atoms with E-state index >= 15 is 0 Å². The van der Waals surface area contributed by atoms with Crippen molar-refractivity contribution in [3.8, 4) is 0 Å². The molecule has 0 aromatic heterocycles. The highest BCUT2D eigenvalue weighted by molar-refractivity contribution is 6.30. The largest absolute Gasteiger partial charge is 0.357 e. The Balaban J connectivity index is 1.93. The molecule has 2 amide bonds. The standard InChI is InChI=1S/C27H29ClN2O2/c1-19-9-10-23(15-20(19)2)17-26(31)30(18-22-11-13-24(28)14-12-22)25(27(32)29-3)16-21-7-5-4-6-8-21/h4-15,25H,16-18H2,1-3H3,(H,29,32)/t25-/m0/s1. The van der Waals surface area contributed by atoms with Crippen molar-refractivity contribution >= 4 is 23.4 Å². The zero-order valence-electron chi connectivity index (χ0n) is 18.8. The van der Waals surface area contributed by atoms with Gasteiger partial charge in [0.15, 0.2) is 0 Å². The lowest BCUT2D eigenvalue weighted by molar-refractivity contribution is -0.140. The van der Waals surface area contributed by atoms with Crippen molar-refractivity contribution in [3.05, 3.63) is 106 Å². The van der Waals surface area contributed by atoms with Crippen LogP contribution in [0.1, 0.15) is 27.8 Å². The van der Waals surface area contributed by atoms with E-state index < -0.39 is 6.04 Å². The molecule has 0 aliphatic carbocycles. The summed E-state index contributed by atoms with van der Waals surface area (Å²) in [6.45, 7) is 4.42. The summed E-state index contributed by atoms with van der Waals surface area (Å²) in [5.74, 6) is -0.274. The Morgan fingerprint density at radius 2 is 1.53 bits per heavy atom. The van der Waals surface area contributed by atoms with E-state index in [-0.39, 0.29) is 18.2 Å². The number of hydrogen-bond acceptors (Lipinski definition) is 2.